The standard InChI is InChI=1S/C18H20N8O4/c1-13-11-24(22-20-16-8-4-6-10-18(16)26(29)30)14(2)12-23(13)21-19-15-7-3-5-9-17(15)25(27)28/h3-10,13-14H,11-12H2,1-2H3/t13-,14+. The summed E-state index contributed by atoms with van der Waals surface area (Å²) in [5.74, 6) is 0. The third-order valence-corrected chi connectivity index (χ3v) is 4.61. The van der Waals surface area contributed by atoms with Gasteiger partial charge in [0.05, 0.1) is 35.0 Å². The second-order valence-electron chi connectivity index (χ2n) is 6.81. The lowest BCUT2D eigenvalue weighted by atomic mass is 10.2. The smallest absolute Gasteiger partial charge is 0.272 e. The molecule has 2 atom stereocenters. The Kier molecular flexibility index (Phi) is 6.25. The first-order chi connectivity index (χ1) is 14.4. The number of nitro benzene ring substituents is 2. The predicted molar refractivity (Wildman–Crippen MR) is 108 cm³/mol. The topological polar surface area (TPSA) is 142 Å². The van der Waals surface area contributed by atoms with Gasteiger partial charge in [0.2, 0.25) is 0 Å². The number of hydrogen-bond acceptors (Lipinski definition) is 8. The van der Waals surface area contributed by atoms with Crippen LogP contribution in [0, 0.1) is 20.2 Å². The molecule has 1 fully saturated rings. The molecule has 1 heterocycles. The molecule has 0 saturated carbocycles. The molecule has 0 radical (unpaired) electrons. The van der Waals surface area contributed by atoms with Crippen LogP contribution in [0.25, 0.3) is 0 Å². The van der Waals surface area contributed by atoms with Crippen LogP contribution in [-0.4, -0.2) is 45.0 Å². The Balaban J connectivity index is 1.70. The number of nitro groups is 2. The summed E-state index contributed by atoms with van der Waals surface area (Å²) in [5.41, 5.74) is 0.138. The van der Waals surface area contributed by atoms with Gasteiger partial charge in [-0.15, -0.1) is 10.2 Å². The molecule has 0 spiro atoms. The van der Waals surface area contributed by atoms with Crippen molar-refractivity contribution in [2.24, 2.45) is 20.7 Å². The third-order valence-electron chi connectivity index (χ3n) is 4.61. The van der Waals surface area contributed by atoms with Gasteiger partial charge in [-0.1, -0.05) is 34.7 Å². The minimum Gasteiger partial charge on any atom is -0.272 e. The fraction of sp³-hybridized carbons (Fsp3) is 0.333. The number of para-hydroxylation sites is 2. The summed E-state index contributed by atoms with van der Waals surface area (Å²) in [6.07, 6.45) is 0. The molecule has 1 aliphatic rings. The van der Waals surface area contributed by atoms with Crippen molar-refractivity contribution in [3.8, 4) is 0 Å². The molecule has 1 aliphatic heterocycles. The van der Waals surface area contributed by atoms with E-state index in [-0.39, 0.29) is 34.8 Å². The number of nitrogens with zero attached hydrogens (tertiary/aromatic N) is 8. The molecule has 0 bridgehead atoms. The van der Waals surface area contributed by atoms with Crippen molar-refractivity contribution in [3.63, 3.8) is 0 Å². The lowest BCUT2D eigenvalue weighted by molar-refractivity contribution is -0.384. The van der Waals surface area contributed by atoms with Crippen LogP contribution in [0.1, 0.15) is 13.8 Å². The summed E-state index contributed by atoms with van der Waals surface area (Å²) in [5, 5.41) is 42.1. The molecular formula is C18H20N8O4. The summed E-state index contributed by atoms with van der Waals surface area (Å²) in [6, 6.07) is 12.1. The van der Waals surface area contributed by atoms with Gasteiger partial charge >= 0.3 is 0 Å². The van der Waals surface area contributed by atoms with Gasteiger partial charge in [0, 0.05) is 12.1 Å². The summed E-state index contributed by atoms with van der Waals surface area (Å²) in [7, 11) is 0. The van der Waals surface area contributed by atoms with E-state index in [9.17, 15) is 20.2 Å². The molecule has 0 aromatic heterocycles. The van der Waals surface area contributed by atoms with E-state index in [0.717, 1.165) is 0 Å². The number of hydrogen-bond donors (Lipinski definition) is 0. The highest BCUT2D eigenvalue weighted by atomic mass is 16.6. The Hall–Kier alpha value is -3.96. The van der Waals surface area contributed by atoms with Gasteiger partial charge < -0.3 is 0 Å². The quantitative estimate of drug-likeness (QED) is 0.385. The molecule has 2 aromatic carbocycles. The largest absolute Gasteiger partial charge is 0.296 e. The fourth-order valence-electron chi connectivity index (χ4n) is 2.96. The fourth-order valence-corrected chi connectivity index (χ4v) is 2.96. The van der Waals surface area contributed by atoms with Crippen LogP contribution < -0.4 is 0 Å². The summed E-state index contributed by atoms with van der Waals surface area (Å²) in [6.45, 7) is 4.75. The summed E-state index contributed by atoms with van der Waals surface area (Å²) < 4.78 is 0. The highest BCUT2D eigenvalue weighted by molar-refractivity contribution is 5.56. The maximum absolute atomic E-state index is 11.1. The van der Waals surface area contributed by atoms with Gasteiger partial charge in [-0.05, 0) is 26.0 Å². The van der Waals surface area contributed by atoms with E-state index in [1.54, 1.807) is 34.3 Å². The molecule has 2 aromatic rings. The van der Waals surface area contributed by atoms with Crippen molar-refractivity contribution >= 4 is 22.7 Å². The summed E-state index contributed by atoms with van der Waals surface area (Å²) >= 11 is 0. The Morgan fingerprint density at radius 2 is 1.13 bits per heavy atom. The van der Waals surface area contributed by atoms with Gasteiger partial charge in [0.1, 0.15) is 0 Å². The third kappa shape index (κ3) is 4.71. The van der Waals surface area contributed by atoms with Crippen molar-refractivity contribution in [2.75, 3.05) is 13.1 Å². The van der Waals surface area contributed by atoms with E-state index in [4.69, 9.17) is 0 Å². The van der Waals surface area contributed by atoms with Crippen LogP contribution in [0.5, 0.6) is 0 Å². The average molecular weight is 412 g/mol. The molecule has 12 nitrogen and oxygen atoms in total. The Morgan fingerprint density at radius 1 is 0.767 bits per heavy atom. The van der Waals surface area contributed by atoms with Crippen LogP contribution in [0.15, 0.2) is 69.2 Å². The van der Waals surface area contributed by atoms with Gasteiger partial charge in [-0.3, -0.25) is 30.2 Å². The van der Waals surface area contributed by atoms with Crippen LogP contribution in [0.4, 0.5) is 22.7 Å². The molecule has 1 saturated heterocycles. The Labute approximate surface area is 171 Å². The summed E-state index contributed by atoms with van der Waals surface area (Å²) in [4.78, 5) is 21.2. The molecule has 156 valence electrons. The number of rotatable bonds is 6. The first-order valence-electron chi connectivity index (χ1n) is 9.20. The van der Waals surface area contributed by atoms with Gasteiger partial charge in [-0.25, -0.2) is 0 Å². The highest BCUT2D eigenvalue weighted by Crippen LogP contribution is 2.29. The van der Waals surface area contributed by atoms with Gasteiger partial charge in [0.25, 0.3) is 11.4 Å². The SMILES string of the molecule is C[C@@H]1CN(N=Nc2ccccc2[N+](=O)[O-])[C@@H](C)CN1N=Nc1ccccc1[N+](=O)[O-]. The van der Waals surface area contributed by atoms with E-state index >= 15 is 0 Å². The zero-order valence-electron chi connectivity index (χ0n) is 16.4. The Bertz CT molecular complexity index is 916. The van der Waals surface area contributed by atoms with Gasteiger partial charge in [0.15, 0.2) is 11.4 Å². The lowest BCUT2D eigenvalue weighted by Gasteiger charge is -2.39. The average Bonchev–Trinajstić information content (AvgIpc) is 2.73. The van der Waals surface area contributed by atoms with Crippen molar-refractivity contribution in [1.82, 2.24) is 10.0 Å². The normalized spacial score (nSPS) is 19.5. The molecule has 0 amide bonds. The van der Waals surface area contributed by atoms with Crippen LogP contribution in [0.2, 0.25) is 0 Å². The predicted octanol–water partition coefficient (Wildman–Crippen LogP) is 4.60. The second-order valence-corrected chi connectivity index (χ2v) is 6.81. The lowest BCUT2D eigenvalue weighted by Crippen LogP contribution is -2.52. The van der Waals surface area contributed by atoms with Crippen LogP contribution in [-0.2, 0) is 0 Å². The molecule has 0 N–H and O–H groups in total. The second kappa shape index (κ2) is 9.03. The molecule has 12 heteroatoms. The first-order valence-corrected chi connectivity index (χ1v) is 9.20. The highest BCUT2D eigenvalue weighted by Gasteiger charge is 2.28. The van der Waals surface area contributed by atoms with Crippen molar-refractivity contribution in [2.45, 2.75) is 25.9 Å². The van der Waals surface area contributed by atoms with Crippen LogP contribution >= 0.6 is 0 Å². The zero-order chi connectivity index (χ0) is 21.7. The zero-order valence-corrected chi connectivity index (χ0v) is 16.4. The first kappa shape index (κ1) is 20.8. The minimum absolute atomic E-state index is 0.0996. The van der Waals surface area contributed by atoms with E-state index in [1.165, 1.54) is 24.3 Å². The molecular weight excluding hydrogens is 392 g/mol. The Morgan fingerprint density at radius 3 is 1.50 bits per heavy atom. The van der Waals surface area contributed by atoms with E-state index in [0.29, 0.717) is 13.1 Å². The minimum atomic E-state index is -0.499. The molecule has 3 rings (SSSR count). The number of piperazine rings is 1. The van der Waals surface area contributed by atoms with E-state index < -0.39 is 9.85 Å². The maximum atomic E-state index is 11.1. The van der Waals surface area contributed by atoms with Gasteiger partial charge in [-0.2, -0.15) is 0 Å². The van der Waals surface area contributed by atoms with Crippen molar-refractivity contribution < 1.29 is 9.85 Å². The molecule has 0 aliphatic carbocycles. The van der Waals surface area contributed by atoms with E-state index in [2.05, 4.69) is 20.7 Å². The van der Waals surface area contributed by atoms with Crippen molar-refractivity contribution in [3.05, 3.63) is 68.8 Å². The van der Waals surface area contributed by atoms with Crippen LogP contribution in [0.3, 0.4) is 0 Å². The van der Waals surface area contributed by atoms with E-state index in [1.807, 2.05) is 13.8 Å². The molecule has 30 heavy (non-hydrogen) atoms. The van der Waals surface area contributed by atoms with Crippen molar-refractivity contribution in [1.29, 1.82) is 0 Å². The molecule has 0 unspecified atom stereocenters. The number of benzene rings is 2. The maximum Gasteiger partial charge on any atom is 0.296 e. The monoisotopic (exact) mass is 412 g/mol.